The van der Waals surface area contributed by atoms with Crippen LogP contribution in [0.3, 0.4) is 0 Å². The molecule has 0 radical (unpaired) electrons. The SMILES string of the molecule is COCCN(CCC(=O)N(CCc1ccccc1)Cc1ccccc1)c1nc(Cc2cccc(OC)c2)ns1. The lowest BCUT2D eigenvalue weighted by Crippen LogP contribution is -2.36. The maximum Gasteiger partial charge on any atom is 0.224 e. The summed E-state index contributed by atoms with van der Waals surface area (Å²) in [5, 5.41) is 0.802. The van der Waals surface area contributed by atoms with Crippen LogP contribution in [0.5, 0.6) is 5.75 Å². The highest BCUT2D eigenvalue weighted by molar-refractivity contribution is 7.09. The average Bonchev–Trinajstić information content (AvgIpc) is 3.44. The smallest absolute Gasteiger partial charge is 0.224 e. The van der Waals surface area contributed by atoms with Gasteiger partial charge in [0.1, 0.15) is 11.6 Å². The van der Waals surface area contributed by atoms with Crippen LogP contribution in [0, 0.1) is 0 Å². The Labute approximate surface area is 235 Å². The van der Waals surface area contributed by atoms with Gasteiger partial charge in [-0.2, -0.15) is 4.37 Å². The van der Waals surface area contributed by atoms with Crippen LogP contribution >= 0.6 is 11.5 Å². The molecule has 0 unspecified atom stereocenters. The summed E-state index contributed by atoms with van der Waals surface area (Å²) in [5.74, 6) is 1.69. The highest BCUT2D eigenvalue weighted by Gasteiger charge is 2.19. The summed E-state index contributed by atoms with van der Waals surface area (Å²) in [5.41, 5.74) is 3.44. The second-order valence-electron chi connectivity index (χ2n) is 9.29. The molecule has 4 aromatic rings. The van der Waals surface area contributed by atoms with Gasteiger partial charge in [-0.3, -0.25) is 4.79 Å². The third kappa shape index (κ3) is 8.90. The molecule has 0 spiro atoms. The minimum atomic E-state index is 0.123. The molecule has 0 fully saturated rings. The molecule has 0 saturated carbocycles. The van der Waals surface area contributed by atoms with Gasteiger partial charge in [-0.1, -0.05) is 72.8 Å². The molecule has 3 aromatic carbocycles. The molecule has 0 aliphatic heterocycles. The number of anilines is 1. The Balaban J connectivity index is 1.41. The highest BCUT2D eigenvalue weighted by atomic mass is 32.1. The molecule has 0 atom stereocenters. The maximum absolute atomic E-state index is 13.5. The van der Waals surface area contributed by atoms with Crippen LogP contribution in [0.1, 0.15) is 28.9 Å². The number of methoxy groups -OCH3 is 2. The van der Waals surface area contributed by atoms with E-state index < -0.39 is 0 Å². The fourth-order valence-electron chi connectivity index (χ4n) is 4.31. The molecule has 8 heteroatoms. The first-order valence-electron chi connectivity index (χ1n) is 13.2. The molecule has 0 aliphatic rings. The van der Waals surface area contributed by atoms with Crippen molar-refractivity contribution in [2.45, 2.75) is 25.8 Å². The maximum atomic E-state index is 13.5. The van der Waals surface area contributed by atoms with Crippen molar-refractivity contribution >= 4 is 22.6 Å². The van der Waals surface area contributed by atoms with Crippen LogP contribution in [0.25, 0.3) is 0 Å². The molecule has 1 heterocycles. The van der Waals surface area contributed by atoms with Gasteiger partial charge in [-0.25, -0.2) is 4.98 Å². The Bertz CT molecular complexity index is 1280. The van der Waals surface area contributed by atoms with Gasteiger partial charge in [0.15, 0.2) is 0 Å². The Hall–Kier alpha value is -3.75. The first-order valence-corrected chi connectivity index (χ1v) is 14.0. The zero-order chi connectivity index (χ0) is 27.3. The molecule has 0 bridgehead atoms. The molecule has 0 N–H and O–H groups in total. The van der Waals surface area contributed by atoms with Crippen molar-refractivity contribution in [3.05, 3.63) is 107 Å². The molecule has 1 amide bonds. The number of carbonyl (C=O) groups excluding carboxylic acids is 1. The van der Waals surface area contributed by atoms with Crippen LogP contribution in [0.4, 0.5) is 5.13 Å². The van der Waals surface area contributed by atoms with Gasteiger partial charge in [0.2, 0.25) is 11.0 Å². The number of carbonyl (C=O) groups is 1. The summed E-state index contributed by atoms with van der Waals surface area (Å²) >= 11 is 1.36. The molecule has 0 saturated heterocycles. The second-order valence-corrected chi connectivity index (χ2v) is 10.0. The molecule has 39 heavy (non-hydrogen) atoms. The monoisotopic (exact) mass is 544 g/mol. The van der Waals surface area contributed by atoms with E-state index in [0.29, 0.717) is 45.6 Å². The van der Waals surface area contributed by atoms with Crippen molar-refractivity contribution < 1.29 is 14.3 Å². The van der Waals surface area contributed by atoms with Crippen LogP contribution in [0.2, 0.25) is 0 Å². The van der Waals surface area contributed by atoms with Gasteiger partial charge in [-0.05, 0) is 35.2 Å². The number of nitrogens with zero attached hydrogens (tertiary/aromatic N) is 4. The summed E-state index contributed by atoms with van der Waals surface area (Å²) in [6.45, 7) is 2.99. The van der Waals surface area contributed by atoms with Gasteiger partial charge >= 0.3 is 0 Å². The van der Waals surface area contributed by atoms with Gasteiger partial charge in [0, 0.05) is 57.7 Å². The van der Waals surface area contributed by atoms with E-state index in [1.165, 1.54) is 17.1 Å². The Morgan fingerprint density at radius 1 is 0.846 bits per heavy atom. The minimum Gasteiger partial charge on any atom is -0.497 e. The lowest BCUT2D eigenvalue weighted by atomic mass is 10.1. The largest absolute Gasteiger partial charge is 0.497 e. The fraction of sp³-hybridized carbons (Fsp3) is 0.323. The first-order chi connectivity index (χ1) is 19.1. The third-order valence-corrected chi connectivity index (χ3v) is 7.28. The fourth-order valence-corrected chi connectivity index (χ4v) is 5.04. The number of benzene rings is 3. The summed E-state index contributed by atoms with van der Waals surface area (Å²) in [7, 11) is 3.35. The quantitative estimate of drug-likeness (QED) is 0.204. The highest BCUT2D eigenvalue weighted by Crippen LogP contribution is 2.21. The molecule has 0 aliphatic carbocycles. The van der Waals surface area contributed by atoms with E-state index in [9.17, 15) is 4.79 Å². The zero-order valence-corrected chi connectivity index (χ0v) is 23.5. The van der Waals surface area contributed by atoms with Crippen molar-refractivity contribution in [3.63, 3.8) is 0 Å². The van der Waals surface area contributed by atoms with Gasteiger partial charge in [0.25, 0.3) is 0 Å². The summed E-state index contributed by atoms with van der Waals surface area (Å²) < 4.78 is 15.3. The number of ether oxygens (including phenoxy) is 2. The van der Waals surface area contributed by atoms with E-state index >= 15 is 0 Å². The Morgan fingerprint density at radius 3 is 2.28 bits per heavy atom. The van der Waals surface area contributed by atoms with E-state index in [2.05, 4.69) is 33.5 Å². The van der Waals surface area contributed by atoms with E-state index in [1.54, 1.807) is 14.2 Å². The van der Waals surface area contributed by atoms with Crippen molar-refractivity contribution in [2.75, 3.05) is 45.4 Å². The zero-order valence-electron chi connectivity index (χ0n) is 22.7. The predicted octanol–water partition coefficient (Wildman–Crippen LogP) is 5.25. The molecule has 204 valence electrons. The van der Waals surface area contributed by atoms with Crippen LogP contribution < -0.4 is 9.64 Å². The normalized spacial score (nSPS) is 10.8. The second kappa shape index (κ2) is 15.0. The van der Waals surface area contributed by atoms with Crippen molar-refractivity contribution in [2.24, 2.45) is 0 Å². The first kappa shape index (κ1) is 28.3. The van der Waals surface area contributed by atoms with Crippen LogP contribution in [-0.4, -0.2) is 60.6 Å². The number of aromatic nitrogens is 2. The average molecular weight is 545 g/mol. The predicted molar refractivity (Wildman–Crippen MR) is 156 cm³/mol. The van der Waals surface area contributed by atoms with Crippen molar-refractivity contribution in [1.82, 2.24) is 14.3 Å². The summed E-state index contributed by atoms with van der Waals surface area (Å²) in [6, 6.07) is 28.4. The molecule has 7 nitrogen and oxygen atoms in total. The van der Waals surface area contributed by atoms with Crippen LogP contribution in [-0.2, 0) is 28.9 Å². The molecular formula is C31H36N4O3S. The van der Waals surface area contributed by atoms with E-state index in [4.69, 9.17) is 14.5 Å². The standard InChI is InChI=1S/C31H36N4O3S/c1-37-21-20-34(31-32-29(33-39-31)23-27-14-9-15-28(22-27)38-2)19-17-30(36)35(24-26-12-7-4-8-13-26)18-16-25-10-5-3-6-11-25/h3-15,22H,16-21,23-24H2,1-2H3. The Kier molecular flexibility index (Phi) is 10.9. The van der Waals surface area contributed by atoms with E-state index in [0.717, 1.165) is 34.3 Å². The molecule has 1 aromatic heterocycles. The minimum absolute atomic E-state index is 0.123. The van der Waals surface area contributed by atoms with Gasteiger partial charge in [0.05, 0.1) is 13.7 Å². The Morgan fingerprint density at radius 2 is 1.56 bits per heavy atom. The lowest BCUT2D eigenvalue weighted by molar-refractivity contribution is -0.131. The van der Waals surface area contributed by atoms with E-state index in [-0.39, 0.29) is 5.91 Å². The van der Waals surface area contributed by atoms with Crippen molar-refractivity contribution in [1.29, 1.82) is 0 Å². The van der Waals surface area contributed by atoms with Crippen molar-refractivity contribution in [3.8, 4) is 5.75 Å². The number of hydrogen-bond donors (Lipinski definition) is 0. The molecular weight excluding hydrogens is 508 g/mol. The number of hydrogen-bond acceptors (Lipinski definition) is 7. The van der Waals surface area contributed by atoms with E-state index in [1.807, 2.05) is 65.6 Å². The summed E-state index contributed by atoms with van der Waals surface area (Å²) in [6.07, 6.45) is 1.82. The van der Waals surface area contributed by atoms with Gasteiger partial charge in [-0.15, -0.1) is 0 Å². The molecule has 4 rings (SSSR count). The number of rotatable bonds is 15. The van der Waals surface area contributed by atoms with Gasteiger partial charge < -0.3 is 19.3 Å². The topological polar surface area (TPSA) is 67.8 Å². The number of amides is 1. The third-order valence-electron chi connectivity index (χ3n) is 6.47. The lowest BCUT2D eigenvalue weighted by Gasteiger charge is -2.26. The summed E-state index contributed by atoms with van der Waals surface area (Å²) in [4.78, 5) is 22.4. The van der Waals surface area contributed by atoms with Crippen LogP contribution in [0.15, 0.2) is 84.9 Å².